The average molecular weight is 943 g/mol. The van der Waals surface area contributed by atoms with Crippen molar-refractivity contribution in [2.75, 3.05) is 25.7 Å². The number of esters is 8. The molecule has 5 rings (SSSR count). The van der Waals surface area contributed by atoms with Gasteiger partial charge in [0.1, 0.15) is 49.6 Å². The minimum Gasteiger partial charge on any atom is -0.463 e. The van der Waals surface area contributed by atoms with Crippen LogP contribution >= 0.6 is 11.6 Å². The van der Waals surface area contributed by atoms with E-state index in [-0.39, 0.29) is 0 Å². The number of fused-ring (bicyclic) bond motifs is 2. The molecule has 2 unspecified atom stereocenters. The topological polar surface area (TPSA) is 293 Å². The van der Waals surface area contributed by atoms with E-state index in [2.05, 4.69) is 0 Å². The van der Waals surface area contributed by atoms with Crippen molar-refractivity contribution in [1.29, 1.82) is 0 Å². The van der Waals surface area contributed by atoms with Gasteiger partial charge in [0, 0.05) is 55.4 Å². The number of carbonyl (C=O) groups is 8. The Kier molecular flexibility index (Phi) is 17.3. The summed E-state index contributed by atoms with van der Waals surface area (Å²) in [6.07, 6.45) is -22.2. The number of hydrogen-bond acceptors (Lipinski definition) is 25. The van der Waals surface area contributed by atoms with E-state index in [0.29, 0.717) is 0 Å². The van der Waals surface area contributed by atoms with Crippen molar-refractivity contribution < 1.29 is 119 Å². The molecule has 0 saturated carbocycles. The van der Waals surface area contributed by atoms with Crippen LogP contribution in [-0.4, -0.2) is 178 Å². The molecule has 5 saturated heterocycles. The summed E-state index contributed by atoms with van der Waals surface area (Å²) in [4.78, 5) is 98.2. The summed E-state index contributed by atoms with van der Waals surface area (Å²) in [5, 5.41) is 0. The van der Waals surface area contributed by atoms with Gasteiger partial charge in [-0.25, -0.2) is 0 Å². The Labute approximate surface area is 370 Å². The van der Waals surface area contributed by atoms with Crippen LogP contribution in [0.1, 0.15) is 62.3 Å². The summed E-state index contributed by atoms with van der Waals surface area (Å²) >= 11 is 5.61. The average Bonchev–Trinajstić information content (AvgIpc) is 3.73. The Morgan fingerprint density at radius 3 is 1.52 bits per heavy atom. The van der Waals surface area contributed by atoms with Gasteiger partial charge in [-0.3, -0.25) is 43.1 Å². The number of carbonyl (C=O) groups excluding carboxylic acids is 8. The van der Waals surface area contributed by atoms with Crippen molar-refractivity contribution in [3.8, 4) is 0 Å². The molecule has 360 valence electrons. The predicted octanol–water partition coefficient (Wildman–Crippen LogP) is -0.651. The Hall–Kier alpha value is -4.31. The summed E-state index contributed by atoms with van der Waals surface area (Å²) in [5.41, 5.74) is 0. The van der Waals surface area contributed by atoms with Gasteiger partial charge in [-0.2, -0.15) is 0 Å². The molecule has 0 bridgehead atoms. The molecule has 0 spiro atoms. The van der Waals surface area contributed by atoms with E-state index in [1.807, 2.05) is 0 Å². The van der Waals surface area contributed by atoms with Crippen LogP contribution in [-0.2, 0) is 119 Å². The number of ether oxygens (including phenoxy) is 17. The quantitative estimate of drug-likeness (QED) is 0.105. The predicted molar refractivity (Wildman–Crippen MR) is 198 cm³/mol. The van der Waals surface area contributed by atoms with Crippen LogP contribution in [0, 0.1) is 0 Å². The molecule has 5 fully saturated rings. The molecule has 0 amide bonds. The molecule has 64 heavy (non-hydrogen) atoms. The van der Waals surface area contributed by atoms with Crippen LogP contribution in [0.25, 0.3) is 0 Å². The highest BCUT2D eigenvalue weighted by molar-refractivity contribution is 6.26. The van der Waals surface area contributed by atoms with E-state index in [4.69, 9.17) is 92.1 Å². The summed E-state index contributed by atoms with van der Waals surface area (Å²) in [6.45, 7) is 8.77. The molecular weight excluding hydrogens is 892 g/mol. The Morgan fingerprint density at radius 1 is 0.484 bits per heavy atom. The van der Waals surface area contributed by atoms with Gasteiger partial charge < -0.3 is 75.8 Å². The Morgan fingerprint density at radius 2 is 0.953 bits per heavy atom. The molecule has 17 atom stereocenters. The van der Waals surface area contributed by atoms with Gasteiger partial charge in [-0.1, -0.05) is 0 Å². The van der Waals surface area contributed by atoms with Gasteiger partial charge in [-0.05, 0) is 6.92 Å². The SMILES string of the molecule is CC(=O)OC[C@H]1O[C@@H]2OC(C)(O[C@@H]3[C@H]4OC(C)O[C@H]4O[C@H](CO[C@H]4O[C@H](COC(=O)CCl)[C@@H](OC(C)=O)[C@H](OC(C)=O)[C@H]4OC(C)=O)[C@H]3OC(C)=O)O[C@@H]2[C@@H](OC(C)=O)[C@@H]1OC(C)=O. The third-order valence-corrected chi connectivity index (χ3v) is 9.90. The smallest absolute Gasteiger partial charge is 0.320 e. The third-order valence-electron chi connectivity index (χ3n) is 9.68. The highest BCUT2D eigenvalue weighted by atomic mass is 35.5. The van der Waals surface area contributed by atoms with Crippen molar-refractivity contribution in [2.45, 2.75) is 167 Å². The first-order chi connectivity index (χ1) is 30.1. The first-order valence-electron chi connectivity index (χ1n) is 19.9. The largest absolute Gasteiger partial charge is 0.463 e. The molecular formula is C38H51ClO25. The second-order valence-electron chi connectivity index (χ2n) is 15.0. The van der Waals surface area contributed by atoms with E-state index in [0.717, 1.165) is 48.5 Å². The second-order valence-corrected chi connectivity index (χ2v) is 15.2. The molecule has 5 aliphatic heterocycles. The molecule has 0 aromatic carbocycles. The van der Waals surface area contributed by atoms with Crippen molar-refractivity contribution >= 4 is 59.4 Å². The zero-order valence-corrected chi connectivity index (χ0v) is 36.9. The lowest BCUT2D eigenvalue weighted by molar-refractivity contribution is -0.391. The van der Waals surface area contributed by atoms with Gasteiger partial charge in [0.2, 0.25) is 0 Å². The lowest BCUT2D eigenvalue weighted by atomic mass is 9.97. The van der Waals surface area contributed by atoms with Crippen LogP contribution < -0.4 is 0 Å². The number of rotatable bonds is 16. The molecule has 5 heterocycles. The van der Waals surface area contributed by atoms with Crippen molar-refractivity contribution in [3.63, 3.8) is 0 Å². The zero-order chi connectivity index (χ0) is 47.2. The normalized spacial score (nSPS) is 37.7. The number of halogens is 1. The first-order valence-corrected chi connectivity index (χ1v) is 20.4. The number of alkyl halides is 1. The maximum atomic E-state index is 12.8. The van der Waals surface area contributed by atoms with E-state index < -0.39 is 178 Å². The van der Waals surface area contributed by atoms with E-state index >= 15 is 0 Å². The van der Waals surface area contributed by atoms with Crippen LogP contribution in [0.15, 0.2) is 0 Å². The Bertz CT molecular complexity index is 1740. The van der Waals surface area contributed by atoms with Crippen LogP contribution in [0.4, 0.5) is 0 Å². The van der Waals surface area contributed by atoms with Gasteiger partial charge >= 0.3 is 47.8 Å². The van der Waals surface area contributed by atoms with Crippen molar-refractivity contribution in [3.05, 3.63) is 0 Å². The molecule has 0 radical (unpaired) electrons. The minimum absolute atomic E-state index is 0.452. The van der Waals surface area contributed by atoms with E-state index in [9.17, 15) is 38.4 Å². The van der Waals surface area contributed by atoms with E-state index in [1.54, 1.807) is 6.92 Å². The monoisotopic (exact) mass is 942 g/mol. The van der Waals surface area contributed by atoms with Gasteiger partial charge in [0.25, 0.3) is 5.97 Å². The van der Waals surface area contributed by atoms with Crippen molar-refractivity contribution in [1.82, 2.24) is 0 Å². The van der Waals surface area contributed by atoms with Crippen LogP contribution in [0.2, 0.25) is 0 Å². The van der Waals surface area contributed by atoms with Crippen LogP contribution in [0.3, 0.4) is 0 Å². The molecule has 0 aliphatic carbocycles. The highest BCUT2D eigenvalue weighted by Crippen LogP contribution is 2.44. The molecule has 25 nitrogen and oxygen atoms in total. The maximum absolute atomic E-state index is 12.8. The molecule has 0 aromatic heterocycles. The van der Waals surface area contributed by atoms with Crippen molar-refractivity contribution in [2.24, 2.45) is 0 Å². The molecule has 5 aliphatic rings. The fourth-order valence-electron chi connectivity index (χ4n) is 7.58. The first kappa shape index (κ1) is 50.7. The fraction of sp³-hybridized carbons (Fsp3) is 0.789. The summed E-state index contributed by atoms with van der Waals surface area (Å²) in [7, 11) is 0. The van der Waals surface area contributed by atoms with Crippen LogP contribution in [0.5, 0.6) is 0 Å². The molecule has 0 aromatic rings. The van der Waals surface area contributed by atoms with E-state index in [1.165, 1.54) is 6.92 Å². The standard InChI is InChI=1S/C38H51ClO25/c1-14(40)48-11-22-27(52-16(3)42)30(55-19(6)45)34-37(61-22)64-38(9,63-34)62-31-28(53-17(4)43)24(60-36-33(31)57-21(8)58-36)13-50-35-32(56-20(7)46)29(54-18(5)44)26(51-15(2)41)23(59-35)12-49-25(47)10-39/h21-24,26-37H,10-13H2,1-9H3/t21?,22-,23-,24-,26-,27-,28-,29+,30+,31+,32-,33-,34-,35+,36+,37-,38?/m1/s1. The van der Waals surface area contributed by atoms with Gasteiger partial charge in [0.15, 0.2) is 67.9 Å². The summed E-state index contributed by atoms with van der Waals surface area (Å²) in [6, 6.07) is 0. The third kappa shape index (κ3) is 12.9. The fourth-order valence-corrected chi connectivity index (χ4v) is 7.66. The summed E-state index contributed by atoms with van der Waals surface area (Å²) in [5.74, 6) is -9.38. The highest BCUT2D eigenvalue weighted by Gasteiger charge is 2.63. The molecule has 26 heteroatoms. The van der Waals surface area contributed by atoms with Gasteiger partial charge in [-0.15, -0.1) is 11.6 Å². The van der Waals surface area contributed by atoms with Gasteiger partial charge in [0.05, 0.1) is 6.61 Å². The zero-order valence-electron chi connectivity index (χ0n) is 36.2. The lowest BCUT2D eigenvalue weighted by Gasteiger charge is -2.46. The minimum atomic E-state index is -2.17. The lowest BCUT2D eigenvalue weighted by Crippen LogP contribution is -2.64. The molecule has 0 N–H and O–H groups in total. The summed E-state index contributed by atoms with van der Waals surface area (Å²) < 4.78 is 98.5. The number of hydrogen-bond donors (Lipinski definition) is 0. The second kappa shape index (κ2) is 21.8. The Balaban J connectivity index is 1.46. The maximum Gasteiger partial charge on any atom is 0.320 e.